The van der Waals surface area contributed by atoms with Gasteiger partial charge in [-0.2, -0.15) is 0 Å². The predicted molar refractivity (Wildman–Crippen MR) is 103 cm³/mol. The maximum absolute atomic E-state index is 13.2. The summed E-state index contributed by atoms with van der Waals surface area (Å²) in [6.07, 6.45) is 1.43. The Morgan fingerprint density at radius 3 is 2.26 bits per heavy atom. The lowest BCUT2D eigenvalue weighted by Gasteiger charge is -2.08. The van der Waals surface area contributed by atoms with Crippen LogP contribution in [0.4, 0.5) is 27.3 Å². The fraction of sp³-hybridized carbons (Fsp3) is 0.0500. The van der Waals surface area contributed by atoms with E-state index in [1.54, 1.807) is 42.5 Å². The first-order valence-electron chi connectivity index (χ1n) is 8.17. The van der Waals surface area contributed by atoms with Gasteiger partial charge in [-0.25, -0.2) is 9.37 Å². The molecule has 0 saturated carbocycles. The molecular weight excluding hydrogens is 347 g/mol. The van der Waals surface area contributed by atoms with Crippen LogP contribution in [-0.2, 0) is 4.79 Å². The minimum atomic E-state index is -0.421. The summed E-state index contributed by atoms with van der Waals surface area (Å²) in [7, 11) is 0. The van der Waals surface area contributed by atoms with Crippen LogP contribution in [0.3, 0.4) is 0 Å². The van der Waals surface area contributed by atoms with E-state index < -0.39 is 5.82 Å². The van der Waals surface area contributed by atoms with Gasteiger partial charge in [0.15, 0.2) is 0 Å². The van der Waals surface area contributed by atoms with Crippen molar-refractivity contribution in [3.63, 3.8) is 0 Å². The van der Waals surface area contributed by atoms with Crippen LogP contribution in [-0.4, -0.2) is 16.8 Å². The van der Waals surface area contributed by atoms with Gasteiger partial charge in [0.2, 0.25) is 5.91 Å². The smallest absolute Gasteiger partial charge is 0.257 e. The molecule has 0 aliphatic carbocycles. The van der Waals surface area contributed by atoms with Gasteiger partial charge in [-0.1, -0.05) is 6.07 Å². The second-order valence-corrected chi connectivity index (χ2v) is 5.78. The minimum Gasteiger partial charge on any atom is -0.340 e. The van der Waals surface area contributed by atoms with Gasteiger partial charge >= 0.3 is 0 Å². The Bertz CT molecular complexity index is 956. The number of nitrogens with zero attached hydrogens (tertiary/aromatic N) is 1. The van der Waals surface area contributed by atoms with Crippen molar-refractivity contribution in [3.8, 4) is 0 Å². The molecule has 1 aromatic heterocycles. The van der Waals surface area contributed by atoms with E-state index in [2.05, 4.69) is 20.9 Å². The second-order valence-electron chi connectivity index (χ2n) is 5.78. The van der Waals surface area contributed by atoms with Gasteiger partial charge in [-0.3, -0.25) is 9.59 Å². The lowest BCUT2D eigenvalue weighted by molar-refractivity contribution is -0.114. The largest absolute Gasteiger partial charge is 0.340 e. The van der Waals surface area contributed by atoms with Crippen LogP contribution < -0.4 is 16.0 Å². The Balaban J connectivity index is 1.62. The number of carbonyl (C=O) groups is 2. The number of nitrogens with one attached hydrogen (secondary N) is 3. The van der Waals surface area contributed by atoms with Crippen LogP contribution in [0, 0.1) is 5.82 Å². The van der Waals surface area contributed by atoms with E-state index in [0.29, 0.717) is 22.8 Å². The van der Waals surface area contributed by atoms with Crippen LogP contribution in [0.15, 0.2) is 66.9 Å². The molecule has 3 aromatic rings. The number of hydrogen-bond acceptors (Lipinski definition) is 4. The molecule has 0 unspecified atom stereocenters. The third-order valence-electron chi connectivity index (χ3n) is 3.59. The van der Waals surface area contributed by atoms with Gasteiger partial charge in [0.05, 0.1) is 5.56 Å². The summed E-state index contributed by atoms with van der Waals surface area (Å²) in [5.74, 6) is -0.372. The summed E-state index contributed by atoms with van der Waals surface area (Å²) in [6.45, 7) is 1.45. The average Bonchev–Trinajstić information content (AvgIpc) is 2.63. The van der Waals surface area contributed by atoms with Crippen molar-refractivity contribution in [1.82, 2.24) is 4.98 Å². The Kier molecular flexibility index (Phi) is 5.41. The maximum atomic E-state index is 13.2. The van der Waals surface area contributed by atoms with Crippen LogP contribution in [0.5, 0.6) is 0 Å². The van der Waals surface area contributed by atoms with Gasteiger partial charge in [0.1, 0.15) is 11.6 Å². The molecule has 0 saturated heterocycles. The van der Waals surface area contributed by atoms with Crippen molar-refractivity contribution in [2.24, 2.45) is 0 Å². The number of hydrogen-bond donors (Lipinski definition) is 3. The lowest BCUT2D eigenvalue weighted by Crippen LogP contribution is -2.12. The first-order valence-corrected chi connectivity index (χ1v) is 8.17. The van der Waals surface area contributed by atoms with Crippen molar-refractivity contribution in [2.45, 2.75) is 6.92 Å². The Morgan fingerprint density at radius 2 is 1.63 bits per heavy atom. The van der Waals surface area contributed by atoms with Crippen LogP contribution in [0.1, 0.15) is 17.3 Å². The maximum Gasteiger partial charge on any atom is 0.257 e. The fourth-order valence-electron chi connectivity index (χ4n) is 2.36. The summed E-state index contributed by atoms with van der Waals surface area (Å²) < 4.78 is 13.2. The standard InChI is InChI=1S/C20H17FN4O2/c1-13(26)23-16-6-8-17(9-7-16)24-19-10-5-14(12-22-19)20(27)25-18-4-2-3-15(21)11-18/h2-12H,1H3,(H,22,24)(H,23,26)(H,25,27). The summed E-state index contributed by atoms with van der Waals surface area (Å²) >= 11 is 0. The van der Waals surface area contributed by atoms with Crippen molar-refractivity contribution >= 4 is 34.7 Å². The van der Waals surface area contributed by atoms with Crippen molar-refractivity contribution in [1.29, 1.82) is 0 Å². The quantitative estimate of drug-likeness (QED) is 0.634. The molecule has 0 spiro atoms. The first-order chi connectivity index (χ1) is 13.0. The summed E-state index contributed by atoms with van der Waals surface area (Å²) in [5.41, 5.74) is 2.21. The number of rotatable bonds is 5. The van der Waals surface area contributed by atoms with E-state index in [1.165, 1.54) is 31.3 Å². The number of aromatic nitrogens is 1. The molecule has 0 aliphatic rings. The highest BCUT2D eigenvalue weighted by molar-refractivity contribution is 6.04. The highest BCUT2D eigenvalue weighted by atomic mass is 19.1. The third kappa shape index (κ3) is 5.12. The second kappa shape index (κ2) is 8.09. The van der Waals surface area contributed by atoms with Gasteiger partial charge in [-0.05, 0) is 54.6 Å². The number of benzene rings is 2. The lowest BCUT2D eigenvalue weighted by atomic mass is 10.2. The summed E-state index contributed by atoms with van der Waals surface area (Å²) in [6, 6.07) is 16.1. The molecule has 136 valence electrons. The van der Waals surface area contributed by atoms with Crippen LogP contribution in [0.25, 0.3) is 0 Å². The van der Waals surface area contributed by atoms with Gasteiger partial charge in [-0.15, -0.1) is 0 Å². The SMILES string of the molecule is CC(=O)Nc1ccc(Nc2ccc(C(=O)Nc3cccc(F)c3)cn2)cc1. The molecule has 0 aliphatic heterocycles. The average molecular weight is 364 g/mol. The molecular formula is C20H17FN4O2. The third-order valence-corrected chi connectivity index (χ3v) is 3.59. The van der Waals surface area contributed by atoms with Gasteiger partial charge < -0.3 is 16.0 Å². The zero-order valence-electron chi connectivity index (χ0n) is 14.5. The Morgan fingerprint density at radius 1 is 0.889 bits per heavy atom. The monoisotopic (exact) mass is 364 g/mol. The summed E-state index contributed by atoms with van der Waals surface area (Å²) in [5, 5.41) is 8.41. The zero-order chi connectivity index (χ0) is 19.2. The molecule has 3 N–H and O–H groups in total. The number of pyridine rings is 1. The Labute approximate surface area is 155 Å². The fourth-order valence-corrected chi connectivity index (χ4v) is 2.36. The van der Waals surface area contributed by atoms with Gasteiger partial charge in [0, 0.05) is 30.2 Å². The number of amides is 2. The van der Waals surface area contributed by atoms with Crippen molar-refractivity contribution in [3.05, 3.63) is 78.2 Å². The first kappa shape index (κ1) is 18.1. The van der Waals surface area contributed by atoms with E-state index in [4.69, 9.17) is 0 Å². The van der Waals surface area contributed by atoms with Crippen LogP contribution in [0.2, 0.25) is 0 Å². The van der Waals surface area contributed by atoms with Crippen LogP contribution >= 0.6 is 0 Å². The molecule has 6 nitrogen and oxygen atoms in total. The molecule has 0 atom stereocenters. The molecule has 1 heterocycles. The molecule has 0 bridgehead atoms. The zero-order valence-corrected chi connectivity index (χ0v) is 14.5. The minimum absolute atomic E-state index is 0.135. The molecule has 0 radical (unpaired) electrons. The molecule has 7 heteroatoms. The number of anilines is 4. The number of halogens is 1. The highest BCUT2D eigenvalue weighted by Crippen LogP contribution is 2.18. The predicted octanol–water partition coefficient (Wildman–Crippen LogP) is 4.18. The molecule has 2 amide bonds. The Hall–Kier alpha value is -3.74. The molecule has 0 fully saturated rings. The summed E-state index contributed by atoms with van der Waals surface area (Å²) in [4.78, 5) is 27.4. The highest BCUT2D eigenvalue weighted by Gasteiger charge is 2.07. The van der Waals surface area contributed by atoms with E-state index in [0.717, 1.165) is 5.69 Å². The van der Waals surface area contributed by atoms with E-state index in [-0.39, 0.29) is 11.8 Å². The molecule has 3 rings (SSSR count). The van der Waals surface area contributed by atoms with E-state index in [9.17, 15) is 14.0 Å². The number of carbonyl (C=O) groups excluding carboxylic acids is 2. The molecule has 27 heavy (non-hydrogen) atoms. The van der Waals surface area contributed by atoms with E-state index >= 15 is 0 Å². The van der Waals surface area contributed by atoms with Gasteiger partial charge in [0.25, 0.3) is 5.91 Å². The van der Waals surface area contributed by atoms with Crippen molar-refractivity contribution in [2.75, 3.05) is 16.0 Å². The normalized spacial score (nSPS) is 10.1. The topological polar surface area (TPSA) is 83.1 Å². The van der Waals surface area contributed by atoms with Crippen molar-refractivity contribution < 1.29 is 14.0 Å². The molecule has 2 aromatic carbocycles. The van der Waals surface area contributed by atoms with E-state index in [1.807, 2.05) is 0 Å².